The van der Waals surface area contributed by atoms with Crippen LogP contribution in [0.4, 0.5) is 4.39 Å². The second kappa shape index (κ2) is 8.23. The van der Waals surface area contributed by atoms with Gasteiger partial charge in [-0.3, -0.25) is 9.59 Å². The third kappa shape index (κ3) is 4.04. The van der Waals surface area contributed by atoms with Crippen LogP contribution in [0, 0.1) is 19.7 Å². The van der Waals surface area contributed by atoms with Crippen molar-refractivity contribution in [3.8, 4) is 5.75 Å². The Hall–Kier alpha value is -3.26. The number of hydrogen-bond donors (Lipinski definition) is 3. The Morgan fingerprint density at radius 1 is 1.20 bits per heavy atom. The fourth-order valence-corrected chi connectivity index (χ4v) is 3.68. The van der Waals surface area contributed by atoms with Crippen LogP contribution in [-0.4, -0.2) is 37.7 Å². The Balaban J connectivity index is 2.12. The Morgan fingerprint density at radius 3 is 2.43 bits per heavy atom. The average molecular weight is 428 g/mol. The van der Waals surface area contributed by atoms with Gasteiger partial charge in [-0.25, -0.2) is 4.39 Å². The van der Waals surface area contributed by atoms with Crippen molar-refractivity contribution in [2.45, 2.75) is 33.2 Å². The number of amides is 1. The summed E-state index contributed by atoms with van der Waals surface area (Å²) in [6.45, 7) is 5.07. The minimum atomic E-state index is -1.15. The monoisotopic (exact) mass is 428 g/mol. The second-order valence-electron chi connectivity index (χ2n) is 7.20. The summed E-state index contributed by atoms with van der Waals surface area (Å²) in [4.78, 5) is 23.8. The number of carboxylic acids is 1. The van der Waals surface area contributed by atoms with Crippen LogP contribution in [0.2, 0.25) is 0 Å². The SMILES string of the molecule is Cc1ccc(C(=S)n2c(C)c(CC(=O)NC(C)C(=O)O)c3cc(O)c(F)cc32)cc1. The molecular formula is C22H21FN2O4S. The molecule has 0 fully saturated rings. The van der Waals surface area contributed by atoms with Crippen molar-refractivity contribution in [2.75, 3.05) is 0 Å². The third-order valence-electron chi connectivity index (χ3n) is 4.99. The molecule has 3 N–H and O–H groups in total. The van der Waals surface area contributed by atoms with Crippen LogP contribution in [-0.2, 0) is 16.0 Å². The Bertz CT molecular complexity index is 1170. The zero-order chi connectivity index (χ0) is 22.2. The van der Waals surface area contributed by atoms with Crippen LogP contribution in [0.3, 0.4) is 0 Å². The second-order valence-corrected chi connectivity index (χ2v) is 7.58. The molecular weight excluding hydrogens is 407 g/mol. The normalized spacial score (nSPS) is 12.0. The number of halogens is 1. The molecule has 1 unspecified atom stereocenters. The van der Waals surface area contributed by atoms with E-state index in [4.69, 9.17) is 17.3 Å². The third-order valence-corrected chi connectivity index (χ3v) is 5.41. The number of phenolic OH excluding ortho intramolecular Hbond substituents is 1. The van der Waals surface area contributed by atoms with Gasteiger partial charge in [0.1, 0.15) is 11.0 Å². The molecule has 0 aliphatic carbocycles. The van der Waals surface area contributed by atoms with E-state index in [1.807, 2.05) is 31.2 Å². The van der Waals surface area contributed by atoms with E-state index in [-0.39, 0.29) is 6.42 Å². The molecule has 1 heterocycles. The molecule has 3 aromatic rings. The molecule has 0 spiro atoms. The number of nitrogens with zero attached hydrogens (tertiary/aromatic N) is 1. The molecule has 0 aliphatic heterocycles. The molecule has 1 atom stereocenters. The van der Waals surface area contributed by atoms with Crippen molar-refractivity contribution in [1.82, 2.24) is 9.88 Å². The highest BCUT2D eigenvalue weighted by Crippen LogP contribution is 2.32. The predicted molar refractivity (Wildman–Crippen MR) is 116 cm³/mol. The summed E-state index contributed by atoms with van der Waals surface area (Å²) in [5.41, 5.74) is 3.38. The molecule has 3 rings (SSSR count). The molecule has 0 radical (unpaired) electrons. The lowest BCUT2D eigenvalue weighted by Crippen LogP contribution is -2.39. The van der Waals surface area contributed by atoms with Crippen molar-refractivity contribution >= 4 is 40.0 Å². The van der Waals surface area contributed by atoms with E-state index in [1.54, 1.807) is 11.5 Å². The van der Waals surface area contributed by atoms with Crippen molar-refractivity contribution in [2.24, 2.45) is 0 Å². The zero-order valence-corrected chi connectivity index (χ0v) is 17.5. The van der Waals surface area contributed by atoms with Gasteiger partial charge in [-0.15, -0.1) is 0 Å². The first-order valence-electron chi connectivity index (χ1n) is 9.26. The van der Waals surface area contributed by atoms with Crippen LogP contribution >= 0.6 is 12.2 Å². The van der Waals surface area contributed by atoms with Gasteiger partial charge in [-0.1, -0.05) is 42.0 Å². The van der Waals surface area contributed by atoms with E-state index in [0.717, 1.165) is 11.1 Å². The molecule has 6 nitrogen and oxygen atoms in total. The number of rotatable bonds is 5. The minimum Gasteiger partial charge on any atom is -0.505 e. The van der Waals surface area contributed by atoms with Gasteiger partial charge in [0, 0.05) is 22.7 Å². The summed E-state index contributed by atoms with van der Waals surface area (Å²) in [6, 6.07) is 8.94. The number of aromatic nitrogens is 1. The molecule has 30 heavy (non-hydrogen) atoms. The summed E-state index contributed by atoms with van der Waals surface area (Å²) < 4.78 is 15.8. The standard InChI is InChI=1S/C22H21FN2O4S/c1-11-4-6-14(7-5-11)21(30)25-13(3)15(9-20(27)24-12(2)22(28)29)16-8-19(26)17(23)10-18(16)25/h4-8,10,12,26H,9H2,1-3H3,(H,24,27)(H,28,29). The number of carboxylic acid groups (broad SMARTS) is 1. The molecule has 8 heteroatoms. The maximum absolute atomic E-state index is 14.2. The number of nitrogens with one attached hydrogen (secondary N) is 1. The van der Waals surface area contributed by atoms with Gasteiger partial charge in [0.25, 0.3) is 0 Å². The topological polar surface area (TPSA) is 91.6 Å². The quantitative estimate of drug-likeness (QED) is 0.542. The molecule has 0 saturated carbocycles. The summed E-state index contributed by atoms with van der Waals surface area (Å²) >= 11 is 5.65. The number of carbonyl (C=O) groups is 2. The van der Waals surface area contributed by atoms with E-state index in [1.165, 1.54) is 19.1 Å². The van der Waals surface area contributed by atoms with Gasteiger partial charge >= 0.3 is 5.97 Å². The van der Waals surface area contributed by atoms with E-state index in [9.17, 15) is 19.1 Å². The zero-order valence-electron chi connectivity index (χ0n) is 16.7. The van der Waals surface area contributed by atoms with Crippen LogP contribution in [0.5, 0.6) is 5.75 Å². The number of thiocarbonyl (C=S) groups is 1. The van der Waals surface area contributed by atoms with Gasteiger partial charge in [-0.05, 0) is 32.4 Å². The number of phenols is 1. The van der Waals surface area contributed by atoms with Gasteiger partial charge in [0.15, 0.2) is 11.6 Å². The maximum Gasteiger partial charge on any atom is 0.325 e. The number of carbonyl (C=O) groups excluding carboxylic acids is 1. The number of aliphatic carboxylic acids is 1. The fourth-order valence-electron chi connectivity index (χ4n) is 3.31. The van der Waals surface area contributed by atoms with Crippen molar-refractivity contribution in [3.05, 3.63) is 64.6 Å². The molecule has 156 valence electrons. The first-order valence-corrected chi connectivity index (χ1v) is 9.67. The van der Waals surface area contributed by atoms with Gasteiger partial charge in [0.2, 0.25) is 5.91 Å². The van der Waals surface area contributed by atoms with Crippen LogP contribution < -0.4 is 5.32 Å². The molecule has 2 aromatic carbocycles. The minimum absolute atomic E-state index is 0.144. The van der Waals surface area contributed by atoms with Gasteiger partial charge < -0.3 is 20.1 Å². The maximum atomic E-state index is 14.2. The number of fused-ring (bicyclic) bond motifs is 1. The first kappa shape index (κ1) is 21.4. The Kier molecular flexibility index (Phi) is 5.89. The highest BCUT2D eigenvalue weighted by molar-refractivity contribution is 7.80. The average Bonchev–Trinajstić information content (AvgIpc) is 2.93. The van der Waals surface area contributed by atoms with E-state index in [2.05, 4.69) is 5.32 Å². The smallest absolute Gasteiger partial charge is 0.325 e. The lowest BCUT2D eigenvalue weighted by molar-refractivity contribution is -0.141. The fraction of sp³-hybridized carbons (Fsp3) is 0.227. The van der Waals surface area contributed by atoms with Gasteiger partial charge in [0.05, 0.1) is 11.9 Å². The summed E-state index contributed by atoms with van der Waals surface area (Å²) in [5, 5.41) is 21.8. The number of aromatic hydroxyl groups is 1. The first-order chi connectivity index (χ1) is 14.1. The largest absolute Gasteiger partial charge is 0.505 e. The summed E-state index contributed by atoms with van der Waals surface area (Å²) in [5.74, 6) is -3.00. The van der Waals surface area contributed by atoms with Crippen LogP contribution in [0.25, 0.3) is 10.9 Å². The Labute approximate surface area is 177 Å². The number of benzene rings is 2. The molecule has 1 amide bonds. The van der Waals surface area contributed by atoms with Gasteiger partial charge in [-0.2, -0.15) is 0 Å². The molecule has 0 saturated heterocycles. The number of aryl methyl sites for hydroxylation is 1. The lowest BCUT2D eigenvalue weighted by atomic mass is 10.1. The predicted octanol–water partition coefficient (Wildman–Crippen LogP) is 3.46. The van der Waals surface area contributed by atoms with Crippen LogP contribution in [0.1, 0.15) is 29.3 Å². The van der Waals surface area contributed by atoms with E-state index < -0.39 is 29.5 Å². The summed E-state index contributed by atoms with van der Waals surface area (Å²) in [7, 11) is 0. The highest BCUT2D eigenvalue weighted by Gasteiger charge is 2.23. The molecule has 0 aliphatic rings. The Morgan fingerprint density at radius 2 is 1.83 bits per heavy atom. The van der Waals surface area contributed by atoms with E-state index in [0.29, 0.717) is 27.1 Å². The highest BCUT2D eigenvalue weighted by atomic mass is 32.1. The van der Waals surface area contributed by atoms with Crippen molar-refractivity contribution in [1.29, 1.82) is 0 Å². The van der Waals surface area contributed by atoms with Crippen LogP contribution in [0.15, 0.2) is 36.4 Å². The molecule has 1 aromatic heterocycles. The lowest BCUT2D eigenvalue weighted by Gasteiger charge is -2.12. The summed E-state index contributed by atoms with van der Waals surface area (Å²) in [6.07, 6.45) is -0.144. The van der Waals surface area contributed by atoms with Crippen molar-refractivity contribution in [3.63, 3.8) is 0 Å². The number of hydrogen-bond acceptors (Lipinski definition) is 4. The molecule has 0 bridgehead atoms. The van der Waals surface area contributed by atoms with E-state index >= 15 is 0 Å². The van der Waals surface area contributed by atoms with Crippen molar-refractivity contribution < 1.29 is 24.2 Å².